The van der Waals surface area contributed by atoms with E-state index in [0.717, 1.165) is 144 Å². The molecule has 16 heteroatoms. The minimum absolute atomic E-state index is 0.0710. The van der Waals surface area contributed by atoms with Crippen LogP contribution in [-0.2, 0) is 23.5 Å². The monoisotopic (exact) mass is 1340 g/mol. The van der Waals surface area contributed by atoms with Crippen molar-refractivity contribution in [1.82, 2.24) is 39.9 Å². The first-order valence-corrected chi connectivity index (χ1v) is 37.1. The summed E-state index contributed by atoms with van der Waals surface area (Å²) in [6, 6.07) is 34.2. The molecule has 3 aromatic heterocycles. The van der Waals surface area contributed by atoms with Gasteiger partial charge in [-0.2, -0.15) is 0 Å². The zero-order chi connectivity index (χ0) is 62.3. The summed E-state index contributed by atoms with van der Waals surface area (Å²) in [7, 11) is 0. The molecule has 90 heavy (non-hydrogen) atoms. The van der Waals surface area contributed by atoms with Crippen molar-refractivity contribution in [3.8, 4) is 80.0 Å². The number of nitrogens with zero attached hydrogens (tertiary/aromatic N) is 6. The fraction of sp³-hybridized carbons (Fsp3) is 0.405. The summed E-state index contributed by atoms with van der Waals surface area (Å²) in [4.78, 5) is 41.3. The topological polar surface area (TPSA) is 164 Å². The molecule has 2 aliphatic rings. The van der Waals surface area contributed by atoms with Crippen LogP contribution in [0.4, 0.5) is 0 Å². The van der Waals surface area contributed by atoms with Gasteiger partial charge in [-0.1, -0.05) is 80.1 Å². The molecule has 0 unspecified atom stereocenters. The zero-order valence-electron chi connectivity index (χ0n) is 53.7. The Hall–Kier alpha value is -7.48. The van der Waals surface area contributed by atoms with Gasteiger partial charge < -0.3 is 9.47 Å². The number of hydrogen-bond acceptors (Lipinski definition) is 12. The van der Waals surface area contributed by atoms with Crippen molar-refractivity contribution in [2.45, 2.75) is 156 Å². The van der Waals surface area contributed by atoms with E-state index in [1.807, 2.05) is 24.3 Å². The fourth-order valence-corrected chi connectivity index (χ4v) is 17.5. The Morgan fingerprint density at radius 2 is 0.611 bits per heavy atom. The van der Waals surface area contributed by atoms with E-state index in [9.17, 15) is 0 Å². The second-order valence-electron chi connectivity index (χ2n) is 23.0. The molecular weight excluding hydrogens is 1250 g/mol. The minimum atomic E-state index is 0.0710. The molecule has 0 atom stereocenters. The first kappa shape index (κ1) is 64.1. The maximum absolute atomic E-state index is 6.66. The summed E-state index contributed by atoms with van der Waals surface area (Å²) >= 11 is 0.142. The second-order valence-corrected chi connectivity index (χ2v) is 27.1. The van der Waals surface area contributed by atoms with Crippen LogP contribution in [0.3, 0.4) is 0 Å². The number of aromatic amines is 2. The van der Waals surface area contributed by atoms with Crippen LogP contribution in [0, 0.1) is 0 Å². The van der Waals surface area contributed by atoms with Gasteiger partial charge in [0.05, 0.1) is 13.2 Å². The first-order valence-electron chi connectivity index (χ1n) is 33.0. The Morgan fingerprint density at radius 3 is 0.900 bits per heavy atom. The molecule has 8 bridgehead atoms. The van der Waals surface area contributed by atoms with Gasteiger partial charge in [0.15, 0.2) is 11.5 Å². The summed E-state index contributed by atoms with van der Waals surface area (Å²) in [5.74, 6) is 5.80. The van der Waals surface area contributed by atoms with Crippen LogP contribution in [0.2, 0.25) is 0 Å². The average molecular weight is 1340 g/mol. The number of H-pyrrole nitrogens is 2. The van der Waals surface area contributed by atoms with Crippen LogP contribution in [0.5, 0.6) is 34.5 Å². The summed E-state index contributed by atoms with van der Waals surface area (Å²) in [5, 5.41) is 5.59. The molecule has 0 saturated carbocycles. The van der Waals surface area contributed by atoms with Gasteiger partial charge in [-0.25, -0.2) is 0 Å². The predicted molar refractivity (Wildman–Crippen MR) is 368 cm³/mol. The zero-order valence-corrected chi connectivity index (χ0v) is 57.2. The standard InChI is InChI=1S/C74H86N8O6Se2/c1-9-17-33-83-57-39-51-52(40-58(57)84-34-18-10-2)68-75-67(51)76-69-53-41-59(85-35-19-11-3)61(87-37-21-13-5)43-55(53)71(78-69)80-73-63-49(15-7)65(89-45-47-29-25-23-26-30-47)66(90-46-48-31-27-24-28-32-48)50(16-8)64(63)74(82-73)81-72-56-44-62(88-38-22-14-6)60(86-36-20-12-4)42-54(56)70(77-68)79-72/h23-32,39-44H,9-22,33-38,45-46H2,1-8H3,(H2,75,76,77,78,79,80,81,82). The molecule has 6 aromatic carbocycles. The molecule has 11 rings (SSSR count). The van der Waals surface area contributed by atoms with Crippen LogP contribution in [0.15, 0.2) is 97.1 Å². The summed E-state index contributed by atoms with van der Waals surface area (Å²) in [5.41, 5.74) is 10.8. The van der Waals surface area contributed by atoms with Crippen molar-refractivity contribution < 1.29 is 28.4 Å². The third kappa shape index (κ3) is 14.3. The van der Waals surface area contributed by atoms with Crippen LogP contribution < -0.4 is 37.3 Å². The van der Waals surface area contributed by atoms with Crippen LogP contribution >= 0.6 is 0 Å². The van der Waals surface area contributed by atoms with Crippen LogP contribution in [0.25, 0.3) is 89.7 Å². The molecule has 14 nitrogen and oxygen atoms in total. The maximum atomic E-state index is 6.66. The van der Waals surface area contributed by atoms with E-state index in [2.05, 4.69) is 138 Å². The van der Waals surface area contributed by atoms with Gasteiger partial charge in [-0.3, -0.25) is 0 Å². The van der Waals surface area contributed by atoms with Gasteiger partial charge in [-0.15, -0.1) is 0 Å². The average Bonchev–Trinajstić information content (AvgIpc) is 1.63. The molecule has 0 radical (unpaired) electrons. The van der Waals surface area contributed by atoms with Gasteiger partial charge in [0.25, 0.3) is 0 Å². The molecule has 9 aromatic rings. The van der Waals surface area contributed by atoms with Crippen molar-refractivity contribution in [3.63, 3.8) is 0 Å². The predicted octanol–water partition coefficient (Wildman–Crippen LogP) is 16.1. The number of benzene rings is 6. The van der Waals surface area contributed by atoms with Crippen molar-refractivity contribution >= 4 is 83.0 Å². The van der Waals surface area contributed by atoms with Crippen molar-refractivity contribution in [1.29, 1.82) is 0 Å². The molecule has 0 aliphatic carbocycles. The molecule has 2 N–H and O–H groups in total. The van der Waals surface area contributed by atoms with Crippen LogP contribution in [-0.4, -0.2) is 109 Å². The number of aromatic nitrogens is 8. The molecule has 0 amide bonds. The number of nitrogens with one attached hydrogen (secondary N) is 2. The van der Waals surface area contributed by atoms with Gasteiger partial charge in [0, 0.05) is 0 Å². The third-order valence-electron chi connectivity index (χ3n) is 16.3. The number of hydrogen-bond donors (Lipinski definition) is 2. The Labute approximate surface area is 542 Å². The Morgan fingerprint density at radius 1 is 0.333 bits per heavy atom. The molecule has 0 fully saturated rings. The van der Waals surface area contributed by atoms with E-state index in [1.54, 1.807) is 0 Å². The number of aryl methyl sites for hydroxylation is 2. The van der Waals surface area contributed by atoms with E-state index < -0.39 is 0 Å². The Balaban J connectivity index is 1.29. The number of rotatable bonds is 32. The van der Waals surface area contributed by atoms with Gasteiger partial charge in [-0.05, 0) is 25.7 Å². The summed E-state index contributed by atoms with van der Waals surface area (Å²) in [6.07, 6.45) is 12.8. The van der Waals surface area contributed by atoms with Gasteiger partial charge in [0.1, 0.15) is 0 Å². The number of unbranched alkanes of at least 4 members (excludes halogenated alkanes) is 6. The number of fused-ring (bicyclic) bond motifs is 20. The van der Waals surface area contributed by atoms with E-state index in [-0.39, 0.29) is 29.9 Å². The fourth-order valence-electron chi connectivity index (χ4n) is 11.2. The van der Waals surface area contributed by atoms with Crippen molar-refractivity contribution in [2.24, 2.45) is 0 Å². The van der Waals surface area contributed by atoms with Gasteiger partial charge in [0.2, 0.25) is 0 Å². The normalized spacial score (nSPS) is 11.7. The first-order chi connectivity index (χ1) is 44.3. The van der Waals surface area contributed by atoms with E-state index >= 15 is 0 Å². The third-order valence-corrected chi connectivity index (χ3v) is 22.0. The Bertz CT molecular complexity index is 3860. The summed E-state index contributed by atoms with van der Waals surface area (Å²) in [6.45, 7) is 20.8. The number of ether oxygens (including phenoxy) is 6. The molecule has 2 aliphatic heterocycles. The molecular formula is C74H86N8O6Se2. The van der Waals surface area contributed by atoms with Crippen molar-refractivity contribution in [2.75, 3.05) is 39.6 Å². The van der Waals surface area contributed by atoms with E-state index in [0.29, 0.717) is 120 Å². The molecule has 470 valence electrons. The second kappa shape index (κ2) is 31.0. The quantitative estimate of drug-likeness (QED) is 0.0303. The molecule has 0 spiro atoms. The summed E-state index contributed by atoms with van der Waals surface area (Å²) < 4.78 is 42.7. The molecule has 5 heterocycles. The SMILES string of the molecule is CCCCOc1cc2c(cc1OCCCC)-c1nc-2nc2[nH]c(nc3nc(nc4[nH]c(n1)c1c(CC)c([Se]Cc5ccccc5)c([Se]Cc5ccccc5)c(CC)c41)-c1cc(OCCCC)c(OCCCC)cc1-3)c1cc(OCCCC)c(OCCCC)cc21. The van der Waals surface area contributed by atoms with Crippen molar-refractivity contribution in [3.05, 3.63) is 119 Å². The van der Waals surface area contributed by atoms with E-state index in [4.69, 9.17) is 58.3 Å². The molecule has 0 saturated heterocycles. The van der Waals surface area contributed by atoms with Crippen LogP contribution in [0.1, 0.15) is 155 Å². The van der Waals surface area contributed by atoms with E-state index in [1.165, 1.54) is 31.2 Å². The Kier molecular flexibility index (Phi) is 22.1. The van der Waals surface area contributed by atoms with Gasteiger partial charge >= 0.3 is 406 Å².